The summed E-state index contributed by atoms with van der Waals surface area (Å²) >= 11 is 0. The molecule has 0 bridgehead atoms. The van der Waals surface area contributed by atoms with Crippen LogP contribution in [0.25, 0.3) is 6.08 Å². The van der Waals surface area contributed by atoms with E-state index in [4.69, 9.17) is 9.47 Å². The van der Waals surface area contributed by atoms with Crippen LogP contribution in [0.5, 0.6) is 5.75 Å². The number of hydrogen-bond donors (Lipinski definition) is 1. The van der Waals surface area contributed by atoms with Gasteiger partial charge in [-0.15, -0.1) is 0 Å². The van der Waals surface area contributed by atoms with Crippen molar-refractivity contribution in [1.29, 1.82) is 0 Å². The number of ether oxygens (including phenoxy) is 2. The van der Waals surface area contributed by atoms with Crippen LogP contribution in [-0.4, -0.2) is 30.7 Å². The Morgan fingerprint density at radius 1 is 1.24 bits per heavy atom. The summed E-state index contributed by atoms with van der Waals surface area (Å²) in [7, 11) is 0. The molecule has 0 atom stereocenters. The number of nitrogens with zero attached hydrogens (tertiary/aromatic N) is 1. The fourth-order valence-electron chi connectivity index (χ4n) is 2.59. The van der Waals surface area contributed by atoms with Crippen molar-refractivity contribution in [2.75, 3.05) is 25.1 Å². The average molecular weight is 338 g/mol. The maximum atomic E-state index is 11.9. The van der Waals surface area contributed by atoms with Crippen LogP contribution in [0, 0.1) is 5.92 Å². The summed E-state index contributed by atoms with van der Waals surface area (Å²) in [4.78, 5) is 15.9. The van der Waals surface area contributed by atoms with Gasteiger partial charge in [0.2, 0.25) is 5.91 Å². The molecule has 0 spiro atoms. The van der Waals surface area contributed by atoms with Gasteiger partial charge in [-0.1, -0.05) is 6.07 Å². The third-order valence-electron chi connectivity index (χ3n) is 4.06. The fraction of sp³-hybridized carbons (Fsp3) is 0.300. The molecule has 3 rings (SSSR count). The summed E-state index contributed by atoms with van der Waals surface area (Å²) in [5.41, 5.74) is 1.62. The Kier molecular flexibility index (Phi) is 6.17. The van der Waals surface area contributed by atoms with Gasteiger partial charge in [-0.05, 0) is 60.7 Å². The Morgan fingerprint density at radius 2 is 2.04 bits per heavy atom. The van der Waals surface area contributed by atoms with Crippen LogP contribution >= 0.6 is 0 Å². The molecule has 1 fully saturated rings. The van der Waals surface area contributed by atoms with E-state index in [1.165, 1.54) is 6.08 Å². The second-order valence-electron chi connectivity index (χ2n) is 6.00. The van der Waals surface area contributed by atoms with E-state index in [9.17, 15) is 4.79 Å². The van der Waals surface area contributed by atoms with Crippen LogP contribution in [0.15, 0.2) is 54.9 Å². The topological polar surface area (TPSA) is 60.5 Å². The molecule has 0 radical (unpaired) electrons. The maximum Gasteiger partial charge on any atom is 0.248 e. The highest BCUT2D eigenvalue weighted by atomic mass is 16.5. The van der Waals surface area contributed by atoms with Gasteiger partial charge in [-0.3, -0.25) is 9.78 Å². The highest BCUT2D eigenvalue weighted by Gasteiger charge is 2.14. The molecule has 1 aromatic heterocycles. The normalized spacial score (nSPS) is 15.2. The molecule has 1 N–H and O–H groups in total. The van der Waals surface area contributed by atoms with E-state index in [1.807, 2.05) is 36.4 Å². The van der Waals surface area contributed by atoms with E-state index in [0.29, 0.717) is 12.5 Å². The zero-order valence-electron chi connectivity index (χ0n) is 14.1. The van der Waals surface area contributed by atoms with Crippen molar-refractivity contribution in [2.24, 2.45) is 5.92 Å². The highest BCUT2D eigenvalue weighted by Crippen LogP contribution is 2.19. The SMILES string of the molecule is O=C(/C=C\c1cccnc1)Nc1ccc(OCC2CCOCC2)cc1. The lowest BCUT2D eigenvalue weighted by Gasteiger charge is -2.22. The molecule has 1 aromatic carbocycles. The van der Waals surface area contributed by atoms with Gasteiger partial charge in [0.25, 0.3) is 0 Å². The number of benzene rings is 1. The lowest BCUT2D eigenvalue weighted by molar-refractivity contribution is -0.111. The summed E-state index contributed by atoms with van der Waals surface area (Å²) in [5.74, 6) is 1.20. The highest BCUT2D eigenvalue weighted by molar-refractivity contribution is 6.01. The Labute approximate surface area is 147 Å². The van der Waals surface area contributed by atoms with Crippen molar-refractivity contribution in [3.05, 3.63) is 60.4 Å². The third kappa shape index (κ3) is 5.72. The molecule has 0 unspecified atom stereocenters. The number of rotatable bonds is 6. The minimum Gasteiger partial charge on any atom is -0.493 e. The third-order valence-corrected chi connectivity index (χ3v) is 4.06. The minimum absolute atomic E-state index is 0.181. The Bertz CT molecular complexity index is 693. The summed E-state index contributed by atoms with van der Waals surface area (Å²) in [5, 5.41) is 2.83. The van der Waals surface area contributed by atoms with Crippen LogP contribution in [0.4, 0.5) is 5.69 Å². The molecule has 0 aliphatic carbocycles. The van der Waals surface area contributed by atoms with Gasteiger partial charge in [0.05, 0.1) is 6.61 Å². The fourth-order valence-corrected chi connectivity index (χ4v) is 2.59. The number of amides is 1. The summed E-state index contributed by atoms with van der Waals surface area (Å²) in [6, 6.07) is 11.2. The second-order valence-corrected chi connectivity index (χ2v) is 6.00. The van der Waals surface area contributed by atoms with Crippen LogP contribution < -0.4 is 10.1 Å². The van der Waals surface area contributed by atoms with Crippen LogP contribution in [0.1, 0.15) is 18.4 Å². The smallest absolute Gasteiger partial charge is 0.248 e. The number of carbonyl (C=O) groups excluding carboxylic acids is 1. The molecule has 2 heterocycles. The zero-order chi connectivity index (χ0) is 17.3. The zero-order valence-corrected chi connectivity index (χ0v) is 14.1. The van der Waals surface area contributed by atoms with Gasteiger partial charge >= 0.3 is 0 Å². The number of carbonyl (C=O) groups is 1. The monoisotopic (exact) mass is 338 g/mol. The molecular weight excluding hydrogens is 316 g/mol. The van der Waals surface area contributed by atoms with Gasteiger partial charge in [-0.2, -0.15) is 0 Å². The standard InChI is InChI=1S/C20H22N2O3/c23-20(8-3-16-2-1-11-21-14-16)22-18-4-6-19(7-5-18)25-15-17-9-12-24-13-10-17/h1-8,11,14,17H,9-10,12-13,15H2,(H,22,23)/b8-3-. The molecule has 1 aliphatic rings. The van der Waals surface area contributed by atoms with Crippen molar-refractivity contribution in [3.63, 3.8) is 0 Å². The van der Waals surface area contributed by atoms with Crippen molar-refractivity contribution >= 4 is 17.7 Å². The lowest BCUT2D eigenvalue weighted by atomic mass is 10.0. The van der Waals surface area contributed by atoms with Gasteiger partial charge in [0, 0.05) is 37.4 Å². The molecule has 1 saturated heterocycles. The number of pyridine rings is 1. The first-order valence-corrected chi connectivity index (χ1v) is 8.49. The predicted molar refractivity (Wildman–Crippen MR) is 97.4 cm³/mol. The van der Waals surface area contributed by atoms with E-state index >= 15 is 0 Å². The number of aromatic nitrogens is 1. The second kappa shape index (κ2) is 8.99. The van der Waals surface area contributed by atoms with Crippen molar-refractivity contribution in [3.8, 4) is 5.75 Å². The van der Waals surface area contributed by atoms with E-state index in [2.05, 4.69) is 10.3 Å². The van der Waals surface area contributed by atoms with E-state index < -0.39 is 0 Å². The molecule has 5 nitrogen and oxygen atoms in total. The average Bonchev–Trinajstić information content (AvgIpc) is 2.67. The number of hydrogen-bond acceptors (Lipinski definition) is 4. The molecule has 2 aromatic rings. The molecular formula is C20H22N2O3. The Morgan fingerprint density at radius 3 is 2.76 bits per heavy atom. The molecule has 25 heavy (non-hydrogen) atoms. The van der Waals surface area contributed by atoms with Crippen molar-refractivity contribution in [1.82, 2.24) is 4.98 Å². The quantitative estimate of drug-likeness (QED) is 0.819. The van der Waals surface area contributed by atoms with Gasteiger partial charge in [0.15, 0.2) is 0 Å². The molecule has 0 saturated carbocycles. The lowest BCUT2D eigenvalue weighted by Crippen LogP contribution is -2.21. The van der Waals surface area contributed by atoms with E-state index in [1.54, 1.807) is 18.5 Å². The molecule has 5 heteroatoms. The van der Waals surface area contributed by atoms with Gasteiger partial charge in [-0.25, -0.2) is 0 Å². The summed E-state index contributed by atoms with van der Waals surface area (Å²) in [6.45, 7) is 2.36. The van der Waals surface area contributed by atoms with Gasteiger partial charge in [0.1, 0.15) is 5.75 Å². The molecule has 1 aliphatic heterocycles. The van der Waals surface area contributed by atoms with Crippen molar-refractivity contribution < 1.29 is 14.3 Å². The largest absolute Gasteiger partial charge is 0.493 e. The Hall–Kier alpha value is -2.66. The number of anilines is 1. The predicted octanol–water partition coefficient (Wildman–Crippen LogP) is 3.54. The maximum absolute atomic E-state index is 11.9. The molecule has 130 valence electrons. The Balaban J connectivity index is 1.46. The van der Waals surface area contributed by atoms with Crippen LogP contribution in [0.3, 0.4) is 0 Å². The number of nitrogens with one attached hydrogen (secondary N) is 1. The first-order chi connectivity index (χ1) is 12.3. The van der Waals surface area contributed by atoms with Crippen LogP contribution in [0.2, 0.25) is 0 Å². The first kappa shape index (κ1) is 17.2. The minimum atomic E-state index is -0.181. The van der Waals surface area contributed by atoms with E-state index in [-0.39, 0.29) is 5.91 Å². The first-order valence-electron chi connectivity index (χ1n) is 8.49. The van der Waals surface area contributed by atoms with Crippen molar-refractivity contribution in [2.45, 2.75) is 12.8 Å². The van der Waals surface area contributed by atoms with E-state index in [0.717, 1.165) is 43.1 Å². The van der Waals surface area contributed by atoms with Crippen LogP contribution in [-0.2, 0) is 9.53 Å². The molecule has 1 amide bonds. The summed E-state index contributed by atoms with van der Waals surface area (Å²) in [6.07, 6.45) is 8.73. The van der Waals surface area contributed by atoms with Gasteiger partial charge < -0.3 is 14.8 Å². The summed E-state index contributed by atoms with van der Waals surface area (Å²) < 4.78 is 11.2.